The van der Waals surface area contributed by atoms with Crippen molar-refractivity contribution in [3.63, 3.8) is 0 Å². The van der Waals surface area contributed by atoms with Gasteiger partial charge in [-0.05, 0) is 24.3 Å². The van der Waals surface area contributed by atoms with Crippen molar-refractivity contribution in [2.45, 2.75) is 19.6 Å². The Bertz CT molecular complexity index is 789. The molecule has 3 rings (SSSR count). The fourth-order valence-electron chi connectivity index (χ4n) is 2.51. The largest absolute Gasteiger partial charge is 0.507 e. The van der Waals surface area contributed by atoms with Gasteiger partial charge in [-0.3, -0.25) is 4.79 Å². The number of carbonyl (C=O) groups excluding carboxylic acids is 1. The Morgan fingerprint density at radius 1 is 1.22 bits per heavy atom. The second-order valence-electron chi connectivity index (χ2n) is 5.34. The number of aromatic hydroxyl groups is 1. The van der Waals surface area contributed by atoms with E-state index >= 15 is 0 Å². The van der Waals surface area contributed by atoms with Crippen LogP contribution in [0, 0.1) is 5.82 Å². The summed E-state index contributed by atoms with van der Waals surface area (Å²) in [6.07, 6.45) is 0. The highest BCUT2D eigenvalue weighted by Crippen LogP contribution is 2.37. The van der Waals surface area contributed by atoms with Crippen molar-refractivity contribution in [2.24, 2.45) is 5.10 Å². The number of rotatable bonds is 2. The average molecular weight is 314 g/mol. The van der Waals surface area contributed by atoms with Crippen molar-refractivity contribution in [1.82, 2.24) is 5.01 Å². The number of hydrazone groups is 1. The number of hydrogen-bond donors (Lipinski definition) is 1. The molecule has 0 spiro atoms. The predicted molar refractivity (Wildman–Crippen MR) is 82.0 cm³/mol. The Hall–Kier alpha value is -2.89. The number of benzene rings is 2. The third-order valence-electron chi connectivity index (χ3n) is 3.70. The van der Waals surface area contributed by atoms with Gasteiger partial charge in [0.1, 0.15) is 11.6 Å². The van der Waals surface area contributed by atoms with Crippen molar-refractivity contribution in [2.75, 3.05) is 0 Å². The Kier molecular flexibility index (Phi) is 3.52. The topological polar surface area (TPSA) is 62.1 Å². The van der Waals surface area contributed by atoms with Gasteiger partial charge < -0.3 is 9.84 Å². The molecule has 0 radical (unpaired) electrons. The summed E-state index contributed by atoms with van der Waals surface area (Å²) in [5.41, 5.74) is -0.259. The molecule has 5 nitrogen and oxygen atoms in total. The van der Waals surface area contributed by atoms with Gasteiger partial charge in [-0.1, -0.05) is 24.3 Å². The summed E-state index contributed by atoms with van der Waals surface area (Å²) in [5, 5.41) is 15.3. The third-order valence-corrected chi connectivity index (χ3v) is 3.70. The Labute approximate surface area is 132 Å². The van der Waals surface area contributed by atoms with Crippen LogP contribution >= 0.6 is 0 Å². The lowest BCUT2D eigenvalue weighted by atomic mass is 10.0. The summed E-state index contributed by atoms with van der Waals surface area (Å²) in [6, 6.07) is 12.2. The molecule has 1 aliphatic heterocycles. The van der Waals surface area contributed by atoms with Gasteiger partial charge in [0.25, 0.3) is 0 Å². The Balaban J connectivity index is 2.05. The van der Waals surface area contributed by atoms with Crippen molar-refractivity contribution in [1.29, 1.82) is 0 Å². The first-order valence-corrected chi connectivity index (χ1v) is 7.04. The molecule has 0 aromatic heterocycles. The first-order valence-electron chi connectivity index (χ1n) is 7.04. The highest BCUT2D eigenvalue weighted by molar-refractivity contribution is 5.99. The second kappa shape index (κ2) is 5.39. The molecular weight excluding hydrogens is 299 g/mol. The number of para-hydroxylation sites is 1. The quantitative estimate of drug-likeness (QED) is 0.927. The van der Waals surface area contributed by atoms with Gasteiger partial charge in [-0.25, -0.2) is 4.39 Å². The highest BCUT2D eigenvalue weighted by atomic mass is 19.1. The number of carbonyl (C=O) groups is 1. The monoisotopic (exact) mass is 314 g/mol. The van der Waals surface area contributed by atoms with Crippen LogP contribution in [-0.4, -0.2) is 21.9 Å². The third kappa shape index (κ3) is 2.52. The van der Waals surface area contributed by atoms with E-state index in [9.17, 15) is 14.3 Å². The zero-order valence-electron chi connectivity index (χ0n) is 12.7. The van der Waals surface area contributed by atoms with E-state index in [-0.39, 0.29) is 23.4 Å². The van der Waals surface area contributed by atoms with E-state index in [2.05, 4.69) is 5.10 Å². The molecule has 0 fully saturated rings. The lowest BCUT2D eigenvalue weighted by Gasteiger charge is -2.31. The number of amides is 1. The molecule has 1 aliphatic rings. The number of hydrogen-bond acceptors (Lipinski definition) is 4. The van der Waals surface area contributed by atoms with Gasteiger partial charge in [-0.2, -0.15) is 5.01 Å². The van der Waals surface area contributed by atoms with Crippen molar-refractivity contribution >= 4 is 11.8 Å². The Morgan fingerprint density at radius 2 is 1.87 bits per heavy atom. The number of phenols is 1. The van der Waals surface area contributed by atoms with E-state index in [4.69, 9.17) is 4.74 Å². The first kappa shape index (κ1) is 15.0. The predicted octanol–water partition coefficient (Wildman–Crippen LogP) is 2.94. The summed E-state index contributed by atoms with van der Waals surface area (Å²) >= 11 is 0. The van der Waals surface area contributed by atoms with Crippen LogP contribution in [0.5, 0.6) is 5.75 Å². The van der Waals surface area contributed by atoms with E-state index in [1.54, 1.807) is 25.1 Å². The molecule has 0 aliphatic carbocycles. The second-order valence-corrected chi connectivity index (χ2v) is 5.34. The highest BCUT2D eigenvalue weighted by Gasteiger charge is 2.45. The molecule has 0 saturated carbocycles. The van der Waals surface area contributed by atoms with Gasteiger partial charge in [0.15, 0.2) is 0 Å². The zero-order valence-corrected chi connectivity index (χ0v) is 12.7. The van der Waals surface area contributed by atoms with E-state index in [0.29, 0.717) is 11.1 Å². The van der Waals surface area contributed by atoms with Crippen LogP contribution in [0.3, 0.4) is 0 Å². The van der Waals surface area contributed by atoms with Crippen LogP contribution in [0.2, 0.25) is 0 Å². The fraction of sp³-hybridized carbons (Fsp3) is 0.176. The van der Waals surface area contributed by atoms with E-state index < -0.39 is 5.72 Å². The number of halogens is 1. The molecule has 2 aromatic rings. The van der Waals surface area contributed by atoms with E-state index in [1.807, 2.05) is 0 Å². The van der Waals surface area contributed by atoms with Crippen molar-refractivity contribution in [3.05, 3.63) is 65.5 Å². The SMILES string of the molecule is CC(=O)N1N=C(c2ccccc2O)O[C@]1(C)c1ccc(F)cc1. The van der Waals surface area contributed by atoms with Gasteiger partial charge in [0.2, 0.25) is 17.5 Å². The molecule has 0 saturated heterocycles. The number of phenolic OH excluding ortho intramolecular Hbond substituents is 1. The van der Waals surface area contributed by atoms with Gasteiger partial charge in [0.05, 0.1) is 5.56 Å². The molecule has 118 valence electrons. The van der Waals surface area contributed by atoms with Gasteiger partial charge in [0, 0.05) is 19.4 Å². The molecule has 1 amide bonds. The van der Waals surface area contributed by atoms with Crippen LogP contribution in [0.1, 0.15) is 25.0 Å². The van der Waals surface area contributed by atoms with Crippen molar-refractivity contribution in [3.8, 4) is 5.75 Å². The van der Waals surface area contributed by atoms with Crippen LogP contribution in [-0.2, 0) is 15.3 Å². The maximum atomic E-state index is 13.2. The minimum absolute atomic E-state index is 0.00175. The first-order chi connectivity index (χ1) is 10.9. The lowest BCUT2D eigenvalue weighted by Crippen LogP contribution is -2.41. The standard InChI is InChI=1S/C17H15FN2O3/c1-11(21)20-17(2,12-7-9-13(18)10-8-12)23-16(19-20)14-5-3-4-6-15(14)22/h3-10,22H,1-2H3/t17-/m1/s1. The smallest absolute Gasteiger partial charge is 0.245 e. The van der Waals surface area contributed by atoms with Crippen LogP contribution < -0.4 is 0 Å². The molecule has 0 unspecified atom stereocenters. The molecule has 1 atom stereocenters. The maximum absolute atomic E-state index is 13.2. The summed E-state index contributed by atoms with van der Waals surface area (Å²) in [4.78, 5) is 12.0. The van der Waals surface area contributed by atoms with Crippen LogP contribution in [0.25, 0.3) is 0 Å². The van der Waals surface area contributed by atoms with Crippen molar-refractivity contribution < 1.29 is 19.0 Å². The van der Waals surface area contributed by atoms with E-state index in [1.165, 1.54) is 42.3 Å². The normalized spacial score (nSPS) is 20.1. The van der Waals surface area contributed by atoms with Crippen LogP contribution in [0.4, 0.5) is 4.39 Å². The molecule has 23 heavy (non-hydrogen) atoms. The average Bonchev–Trinajstić information content (AvgIpc) is 2.87. The molecule has 1 N–H and O–H groups in total. The minimum atomic E-state index is -1.21. The lowest BCUT2D eigenvalue weighted by molar-refractivity contribution is -0.146. The molecule has 0 bridgehead atoms. The van der Waals surface area contributed by atoms with E-state index in [0.717, 1.165) is 0 Å². The van der Waals surface area contributed by atoms with Gasteiger partial charge >= 0.3 is 0 Å². The maximum Gasteiger partial charge on any atom is 0.245 e. The summed E-state index contributed by atoms with van der Waals surface area (Å²) in [5.74, 6) is -0.586. The molecular formula is C17H15FN2O3. The summed E-state index contributed by atoms with van der Waals surface area (Å²) in [6.45, 7) is 3.03. The zero-order chi connectivity index (χ0) is 16.6. The summed E-state index contributed by atoms with van der Waals surface area (Å²) < 4.78 is 19.1. The fourth-order valence-corrected chi connectivity index (χ4v) is 2.51. The number of ether oxygens (including phenoxy) is 1. The number of nitrogens with zero attached hydrogens (tertiary/aromatic N) is 2. The molecule has 6 heteroatoms. The van der Waals surface area contributed by atoms with Gasteiger partial charge in [-0.15, -0.1) is 5.10 Å². The summed E-state index contributed by atoms with van der Waals surface area (Å²) in [7, 11) is 0. The Morgan fingerprint density at radius 3 is 2.48 bits per heavy atom. The molecule has 2 aromatic carbocycles. The molecule has 1 heterocycles. The van der Waals surface area contributed by atoms with Crippen LogP contribution in [0.15, 0.2) is 53.6 Å². The minimum Gasteiger partial charge on any atom is -0.507 e.